The number of amides is 4. The molecule has 1 heterocycles. The van der Waals surface area contributed by atoms with Crippen LogP contribution in [0.3, 0.4) is 0 Å². The highest BCUT2D eigenvalue weighted by Gasteiger charge is 2.57. The number of Topliss-reactive ketones (excluding diaryl/α,β-unsaturated/α-hetero) is 1. The van der Waals surface area contributed by atoms with Crippen molar-refractivity contribution in [1.29, 1.82) is 0 Å². The third kappa shape index (κ3) is 8.84. The van der Waals surface area contributed by atoms with Gasteiger partial charge in [-0.3, -0.25) is 28.9 Å². The van der Waals surface area contributed by atoms with Gasteiger partial charge in [0.05, 0.1) is 6.04 Å². The molecule has 36 heavy (non-hydrogen) atoms. The zero-order valence-corrected chi connectivity index (χ0v) is 22.6. The normalized spacial score (nSPS) is 19.9. The summed E-state index contributed by atoms with van der Waals surface area (Å²) in [6.07, 6.45) is 13.4. The van der Waals surface area contributed by atoms with Gasteiger partial charge in [-0.25, -0.2) is 0 Å². The molecule has 4 N–H and O–H groups in total. The first kappa shape index (κ1) is 31.5. The SMILES string of the molecule is CCCCCCCCCC=CCC[C@]1(C(=O)NCC)C(=O)CCC(=O)N1C(=O)[C@H](C)NC(=O)[C@H](C)N. The van der Waals surface area contributed by atoms with Crippen LogP contribution >= 0.6 is 0 Å². The Morgan fingerprint density at radius 1 is 0.972 bits per heavy atom. The van der Waals surface area contributed by atoms with E-state index in [9.17, 15) is 24.0 Å². The van der Waals surface area contributed by atoms with E-state index in [1.807, 2.05) is 12.2 Å². The van der Waals surface area contributed by atoms with E-state index in [2.05, 4.69) is 17.6 Å². The van der Waals surface area contributed by atoms with Crippen molar-refractivity contribution in [3.8, 4) is 0 Å². The summed E-state index contributed by atoms with van der Waals surface area (Å²) in [6.45, 7) is 7.04. The lowest BCUT2D eigenvalue weighted by molar-refractivity contribution is -0.169. The Bertz CT molecular complexity index is 795. The van der Waals surface area contributed by atoms with Crippen LogP contribution in [0.15, 0.2) is 12.2 Å². The minimum atomic E-state index is -1.93. The van der Waals surface area contributed by atoms with Crippen molar-refractivity contribution in [2.24, 2.45) is 5.73 Å². The van der Waals surface area contributed by atoms with Crippen LogP contribution in [0.2, 0.25) is 0 Å². The number of ketones is 1. The van der Waals surface area contributed by atoms with E-state index < -0.39 is 47.0 Å². The second-order valence-electron chi connectivity index (χ2n) is 9.65. The minimum Gasteiger partial charge on any atom is -0.354 e. The third-order valence-corrected chi connectivity index (χ3v) is 6.55. The van der Waals surface area contributed by atoms with Gasteiger partial charge in [-0.1, -0.05) is 57.6 Å². The lowest BCUT2D eigenvalue weighted by atomic mass is 9.79. The summed E-state index contributed by atoms with van der Waals surface area (Å²) in [7, 11) is 0. The number of allylic oxidation sites excluding steroid dienone is 2. The van der Waals surface area contributed by atoms with E-state index in [-0.39, 0.29) is 25.8 Å². The van der Waals surface area contributed by atoms with Crippen LogP contribution in [0.25, 0.3) is 0 Å². The van der Waals surface area contributed by atoms with Crippen LogP contribution in [0.1, 0.15) is 105 Å². The van der Waals surface area contributed by atoms with Gasteiger partial charge in [0, 0.05) is 19.4 Å². The zero-order chi connectivity index (χ0) is 27.1. The molecule has 1 fully saturated rings. The highest BCUT2D eigenvalue weighted by molar-refractivity contribution is 6.20. The van der Waals surface area contributed by atoms with Crippen LogP contribution in [0.4, 0.5) is 0 Å². The molecule has 0 radical (unpaired) electrons. The van der Waals surface area contributed by atoms with E-state index in [4.69, 9.17) is 5.73 Å². The molecule has 1 saturated heterocycles. The number of nitrogens with two attached hydrogens (primary N) is 1. The number of likely N-dealkylation sites (tertiary alicyclic amines) is 1. The summed E-state index contributed by atoms with van der Waals surface area (Å²) in [5.74, 6) is -3.08. The fourth-order valence-corrected chi connectivity index (χ4v) is 4.43. The molecule has 0 spiro atoms. The van der Waals surface area contributed by atoms with Crippen molar-refractivity contribution >= 4 is 29.4 Å². The summed E-state index contributed by atoms with van der Waals surface area (Å²) in [5, 5.41) is 5.11. The van der Waals surface area contributed by atoms with E-state index in [1.165, 1.54) is 46.0 Å². The quantitative estimate of drug-likeness (QED) is 0.167. The number of likely N-dealkylation sites (N-methyl/N-ethyl adjacent to an activating group) is 1. The lowest BCUT2D eigenvalue weighted by Gasteiger charge is -2.43. The van der Waals surface area contributed by atoms with E-state index in [0.29, 0.717) is 6.42 Å². The Balaban J connectivity index is 2.97. The number of piperidine rings is 1. The molecular formula is C27H46N4O5. The monoisotopic (exact) mass is 506 g/mol. The number of unbranched alkanes of at least 4 members (excludes halogenated alkanes) is 7. The molecule has 0 unspecified atom stereocenters. The van der Waals surface area contributed by atoms with Gasteiger partial charge in [0.25, 0.3) is 11.8 Å². The smallest absolute Gasteiger partial charge is 0.254 e. The van der Waals surface area contributed by atoms with Gasteiger partial charge in [0.1, 0.15) is 6.04 Å². The molecule has 0 saturated carbocycles. The Hall–Kier alpha value is -2.55. The third-order valence-electron chi connectivity index (χ3n) is 6.55. The Kier molecular flexibility index (Phi) is 14.2. The number of imide groups is 1. The van der Waals surface area contributed by atoms with Crippen LogP contribution in [0, 0.1) is 0 Å². The number of hydrogen-bond acceptors (Lipinski definition) is 6. The zero-order valence-electron chi connectivity index (χ0n) is 22.6. The highest BCUT2D eigenvalue weighted by atomic mass is 16.2. The molecule has 0 aromatic heterocycles. The maximum absolute atomic E-state index is 13.3. The first-order valence-corrected chi connectivity index (χ1v) is 13.5. The Morgan fingerprint density at radius 3 is 2.19 bits per heavy atom. The van der Waals surface area contributed by atoms with Gasteiger partial charge in [-0.2, -0.15) is 0 Å². The number of nitrogens with one attached hydrogen (secondary N) is 2. The van der Waals surface area contributed by atoms with Gasteiger partial charge in [-0.15, -0.1) is 0 Å². The first-order valence-electron chi connectivity index (χ1n) is 13.5. The fourth-order valence-electron chi connectivity index (χ4n) is 4.43. The molecule has 204 valence electrons. The molecular weight excluding hydrogens is 460 g/mol. The topological polar surface area (TPSA) is 139 Å². The van der Waals surface area contributed by atoms with Crippen LogP contribution in [0.5, 0.6) is 0 Å². The average Bonchev–Trinajstić information content (AvgIpc) is 2.84. The Morgan fingerprint density at radius 2 is 1.58 bits per heavy atom. The molecule has 1 aliphatic rings. The average molecular weight is 507 g/mol. The number of carbonyl (C=O) groups is 5. The standard InChI is InChI=1S/C27H46N4O5/c1-5-7-8-9-10-11-12-13-14-15-16-19-27(26(36)29-6-2)22(32)17-18-23(33)31(27)25(35)21(4)30-24(34)20(3)28/h14-15,20-21H,5-13,16-19,28H2,1-4H3,(H,29,36)(H,30,34)/t20-,21-,27+/m0/s1. The maximum Gasteiger partial charge on any atom is 0.254 e. The highest BCUT2D eigenvalue weighted by Crippen LogP contribution is 2.32. The molecule has 0 aliphatic carbocycles. The van der Waals surface area contributed by atoms with Crippen molar-refractivity contribution < 1.29 is 24.0 Å². The van der Waals surface area contributed by atoms with Crippen molar-refractivity contribution in [3.05, 3.63) is 12.2 Å². The molecule has 4 amide bonds. The largest absolute Gasteiger partial charge is 0.354 e. The fraction of sp³-hybridized carbons (Fsp3) is 0.741. The molecule has 0 bridgehead atoms. The van der Waals surface area contributed by atoms with Crippen molar-refractivity contribution in [1.82, 2.24) is 15.5 Å². The second-order valence-corrected chi connectivity index (χ2v) is 9.65. The minimum absolute atomic E-state index is 0.00335. The van der Waals surface area contributed by atoms with Crippen LogP contribution in [-0.2, 0) is 24.0 Å². The molecule has 0 aromatic carbocycles. The number of rotatable bonds is 16. The molecule has 0 aromatic rings. The summed E-state index contributed by atoms with van der Waals surface area (Å²) in [5.41, 5.74) is 3.64. The van der Waals surface area contributed by atoms with Crippen LogP contribution in [-0.4, -0.2) is 58.5 Å². The molecule has 9 heteroatoms. The van der Waals surface area contributed by atoms with Crippen molar-refractivity contribution in [3.63, 3.8) is 0 Å². The number of hydrogen-bond donors (Lipinski definition) is 3. The van der Waals surface area contributed by atoms with Crippen LogP contribution < -0.4 is 16.4 Å². The van der Waals surface area contributed by atoms with Gasteiger partial charge < -0.3 is 16.4 Å². The lowest BCUT2D eigenvalue weighted by Crippen LogP contribution is -2.71. The Labute approximate surface area is 216 Å². The predicted octanol–water partition coefficient (Wildman–Crippen LogP) is 2.91. The first-order chi connectivity index (χ1) is 17.1. The van der Waals surface area contributed by atoms with E-state index >= 15 is 0 Å². The number of carbonyl (C=O) groups excluding carboxylic acids is 5. The van der Waals surface area contributed by atoms with E-state index in [0.717, 1.165) is 24.2 Å². The summed E-state index contributed by atoms with van der Waals surface area (Å²) in [6, 6.07) is -1.98. The molecule has 1 aliphatic heterocycles. The van der Waals surface area contributed by atoms with Crippen molar-refractivity contribution in [2.75, 3.05) is 6.54 Å². The van der Waals surface area contributed by atoms with Gasteiger partial charge >= 0.3 is 0 Å². The summed E-state index contributed by atoms with van der Waals surface area (Å²) < 4.78 is 0. The number of nitrogens with zero attached hydrogens (tertiary/aromatic N) is 1. The maximum atomic E-state index is 13.3. The molecule has 3 atom stereocenters. The van der Waals surface area contributed by atoms with Crippen molar-refractivity contribution in [2.45, 2.75) is 122 Å². The summed E-state index contributed by atoms with van der Waals surface area (Å²) in [4.78, 5) is 65.6. The van der Waals surface area contributed by atoms with Gasteiger partial charge in [0.15, 0.2) is 11.3 Å². The predicted molar refractivity (Wildman–Crippen MR) is 140 cm³/mol. The second kappa shape index (κ2) is 16.2. The summed E-state index contributed by atoms with van der Waals surface area (Å²) >= 11 is 0. The van der Waals surface area contributed by atoms with E-state index in [1.54, 1.807) is 6.92 Å². The molecule has 1 rings (SSSR count). The van der Waals surface area contributed by atoms with Gasteiger partial charge in [-0.05, 0) is 46.5 Å². The molecule has 9 nitrogen and oxygen atoms in total. The van der Waals surface area contributed by atoms with Gasteiger partial charge in [0.2, 0.25) is 11.8 Å².